The molecule has 1 aliphatic rings. The van der Waals surface area contributed by atoms with Gasteiger partial charge in [-0.25, -0.2) is 23.3 Å². The van der Waals surface area contributed by atoms with Crippen LogP contribution in [0.2, 0.25) is 0 Å². The minimum absolute atomic E-state index is 0.0767. The fourth-order valence-corrected chi connectivity index (χ4v) is 5.10. The summed E-state index contributed by atoms with van der Waals surface area (Å²) in [6.07, 6.45) is 3.05. The van der Waals surface area contributed by atoms with Crippen LogP contribution in [-0.4, -0.2) is 54.9 Å². The summed E-state index contributed by atoms with van der Waals surface area (Å²) >= 11 is 0. The lowest BCUT2D eigenvalue weighted by Gasteiger charge is -2.31. The number of likely N-dealkylation sites (tertiary alicyclic amines) is 1. The van der Waals surface area contributed by atoms with Crippen molar-refractivity contribution < 1.29 is 17.9 Å². The van der Waals surface area contributed by atoms with Crippen molar-refractivity contribution in [1.82, 2.24) is 19.5 Å². The van der Waals surface area contributed by atoms with Crippen molar-refractivity contribution in [2.45, 2.75) is 36.8 Å². The summed E-state index contributed by atoms with van der Waals surface area (Å²) in [7, 11) is -1.76. The van der Waals surface area contributed by atoms with Gasteiger partial charge >= 0.3 is 6.09 Å². The highest BCUT2D eigenvalue weighted by atomic mass is 32.2. The number of sulfonamides is 1. The largest absolute Gasteiger partial charge is 0.445 e. The number of fused-ring (bicyclic) bond motifs is 1. The Morgan fingerprint density at radius 3 is 2.47 bits per heavy atom. The van der Waals surface area contributed by atoms with Gasteiger partial charge < -0.3 is 15.0 Å². The fourth-order valence-electron chi connectivity index (χ4n) is 4.58. The number of aromatic nitrogens is 3. The third-order valence-corrected chi connectivity index (χ3v) is 7.70. The topological polar surface area (TPSA) is 132 Å². The van der Waals surface area contributed by atoms with E-state index in [4.69, 9.17) is 14.9 Å². The van der Waals surface area contributed by atoms with Crippen molar-refractivity contribution in [2.75, 3.05) is 18.4 Å². The van der Waals surface area contributed by atoms with E-state index in [0.717, 1.165) is 46.6 Å². The molecule has 12 heteroatoms. The van der Waals surface area contributed by atoms with Crippen molar-refractivity contribution in [3.05, 3.63) is 83.7 Å². The number of piperidine rings is 1. The summed E-state index contributed by atoms with van der Waals surface area (Å²) in [5, 5.41) is 13.1. The quantitative estimate of drug-likeness (QED) is 0.347. The smallest absolute Gasteiger partial charge is 0.410 e. The van der Waals surface area contributed by atoms with Gasteiger partial charge in [-0.05, 0) is 41.6 Å². The van der Waals surface area contributed by atoms with Crippen LogP contribution in [0.3, 0.4) is 0 Å². The van der Waals surface area contributed by atoms with Crippen LogP contribution >= 0.6 is 0 Å². The molecule has 196 valence electrons. The number of ether oxygens (including phenoxy) is 1. The predicted molar refractivity (Wildman–Crippen MR) is 146 cm³/mol. The van der Waals surface area contributed by atoms with Crippen LogP contribution in [0.5, 0.6) is 0 Å². The Kier molecular flexibility index (Phi) is 7.34. The molecule has 0 bridgehead atoms. The van der Waals surface area contributed by atoms with Gasteiger partial charge in [0.15, 0.2) is 5.65 Å². The number of nitrogens with zero attached hydrogens (tertiary/aromatic N) is 4. The van der Waals surface area contributed by atoms with E-state index < -0.39 is 10.0 Å². The Balaban J connectivity index is 1.25. The Morgan fingerprint density at radius 2 is 1.79 bits per heavy atom. The van der Waals surface area contributed by atoms with Crippen LogP contribution in [-0.2, 0) is 27.9 Å². The van der Waals surface area contributed by atoms with Crippen LogP contribution in [0.1, 0.15) is 35.6 Å². The predicted octanol–water partition coefficient (Wildman–Crippen LogP) is 1.76. The van der Waals surface area contributed by atoms with Gasteiger partial charge in [-0.3, -0.25) is 0 Å². The average molecular weight is 532 g/mol. The molecule has 0 saturated carbocycles. The van der Waals surface area contributed by atoms with Gasteiger partial charge in [-0.1, -0.05) is 42.5 Å². The van der Waals surface area contributed by atoms with Gasteiger partial charge in [0.25, 0.3) is 0 Å². The minimum Gasteiger partial charge on any atom is -0.445 e. The summed E-state index contributed by atoms with van der Waals surface area (Å²) in [5.74, 6) is 0.986. The van der Waals surface area contributed by atoms with Crippen molar-refractivity contribution in [1.29, 1.82) is 0 Å². The molecule has 5 rings (SSSR count). The molecule has 10 nitrogen and oxygen atoms in total. The molecule has 3 heterocycles. The van der Waals surface area contributed by atoms with Crippen molar-refractivity contribution >= 4 is 40.9 Å². The number of amides is 1. The fraction of sp³-hybridized carbons (Fsp3) is 0.269. The number of benzene rings is 2. The van der Waals surface area contributed by atoms with E-state index in [1.165, 1.54) is 12.1 Å². The first-order valence-corrected chi connectivity index (χ1v) is 14.0. The number of carbonyl (C=O) groups excluding carboxylic acids is 1. The van der Waals surface area contributed by atoms with Crippen LogP contribution < -0.4 is 15.9 Å². The Hall–Kier alpha value is -3.90. The molecule has 0 unspecified atom stereocenters. The second-order valence-electron chi connectivity index (χ2n) is 9.47. The Morgan fingerprint density at radius 1 is 1.08 bits per heavy atom. The average Bonchev–Trinajstić information content (AvgIpc) is 3.31. The van der Waals surface area contributed by atoms with E-state index in [2.05, 4.69) is 10.4 Å². The van der Waals surface area contributed by atoms with Crippen LogP contribution in [0.4, 0.5) is 10.6 Å². The molecule has 0 spiro atoms. The number of hydrogen-bond acceptors (Lipinski definition) is 7. The van der Waals surface area contributed by atoms with E-state index in [1.54, 1.807) is 27.7 Å². The molecule has 1 saturated heterocycles. The zero-order valence-electron chi connectivity index (χ0n) is 21.1. The van der Waals surface area contributed by atoms with E-state index in [0.29, 0.717) is 19.6 Å². The number of carbonyl (C=O) groups is 1. The first-order valence-electron chi connectivity index (χ1n) is 12.4. The summed E-state index contributed by atoms with van der Waals surface area (Å²) in [4.78, 5) is 19.3. The first-order chi connectivity index (χ1) is 18.3. The van der Waals surface area contributed by atoms with Crippen LogP contribution in [0, 0.1) is 0 Å². The van der Waals surface area contributed by atoms with Gasteiger partial charge in [0, 0.05) is 43.5 Å². The van der Waals surface area contributed by atoms with E-state index in [1.807, 2.05) is 44.2 Å². The molecule has 1 aliphatic heterocycles. The molecule has 4 aromatic rings. The number of rotatable bonds is 7. The normalized spacial score (nSPS) is 14.5. The molecular weight excluding hydrogens is 503 g/mol. The molecule has 2 aromatic carbocycles. The zero-order valence-corrected chi connectivity index (χ0v) is 21.9. The maximum Gasteiger partial charge on any atom is 0.410 e. The van der Waals surface area contributed by atoms with E-state index in [9.17, 15) is 13.2 Å². The molecule has 0 aliphatic carbocycles. The number of primary sulfonamides is 1. The highest BCUT2D eigenvalue weighted by molar-refractivity contribution is 7.89. The highest BCUT2D eigenvalue weighted by Gasteiger charge is 2.26. The summed E-state index contributed by atoms with van der Waals surface area (Å²) in [6, 6.07) is 18.1. The number of nitrogens with one attached hydrogen (secondary N) is 1. The number of hydrogen-bond donors (Lipinski definition) is 2. The second-order valence-corrected chi connectivity index (χ2v) is 11.0. The summed E-state index contributed by atoms with van der Waals surface area (Å²) < 4.78 is 30.3. The number of nitrogens with two attached hydrogens (primary N) is 1. The van der Waals surface area contributed by atoms with Crippen molar-refractivity contribution in [2.24, 2.45) is 5.14 Å². The van der Waals surface area contributed by atoms with Gasteiger partial charge in [0.05, 0.1) is 4.90 Å². The van der Waals surface area contributed by atoms with Gasteiger partial charge in [-0.15, -0.1) is 0 Å². The lowest BCUT2D eigenvalue weighted by molar-refractivity contribution is 0.0868. The van der Waals surface area contributed by atoms with Gasteiger partial charge in [0.2, 0.25) is 10.0 Å². The third-order valence-electron chi connectivity index (χ3n) is 6.77. The minimum atomic E-state index is -3.73. The van der Waals surface area contributed by atoms with Gasteiger partial charge in [-0.2, -0.15) is 9.61 Å². The molecular formula is C26H29BN6O4S. The molecule has 2 aromatic heterocycles. The molecule has 3 N–H and O–H groups in total. The van der Waals surface area contributed by atoms with E-state index >= 15 is 0 Å². The molecule has 1 fully saturated rings. The van der Waals surface area contributed by atoms with Crippen LogP contribution in [0.15, 0.2) is 71.8 Å². The monoisotopic (exact) mass is 532 g/mol. The summed E-state index contributed by atoms with van der Waals surface area (Å²) in [5.41, 5.74) is 4.55. The first kappa shape index (κ1) is 25.7. The van der Waals surface area contributed by atoms with Crippen molar-refractivity contribution in [3.63, 3.8) is 0 Å². The maximum atomic E-state index is 12.6. The lowest BCUT2D eigenvalue weighted by atomic mass is 9.93. The highest BCUT2D eigenvalue weighted by Crippen LogP contribution is 2.29. The molecule has 0 atom stereocenters. The second kappa shape index (κ2) is 10.8. The molecule has 38 heavy (non-hydrogen) atoms. The molecule has 0 radical (unpaired) electrons. The summed E-state index contributed by atoms with van der Waals surface area (Å²) in [6.45, 7) is 1.93. The molecule has 1 amide bonds. The Labute approximate surface area is 222 Å². The van der Waals surface area contributed by atoms with Crippen LogP contribution in [0.25, 0.3) is 5.65 Å². The third kappa shape index (κ3) is 5.81. The van der Waals surface area contributed by atoms with E-state index in [-0.39, 0.29) is 23.5 Å². The zero-order chi connectivity index (χ0) is 26.7. The van der Waals surface area contributed by atoms with Crippen molar-refractivity contribution in [3.8, 4) is 0 Å². The standard InChI is InChI=1S/C26H29BN6O4S/c27-22-16-30-33-24(29-15-18-6-8-21(9-7-18)38(28,35)36)14-23(31-25(22)33)20-10-12-32(13-11-20)26(34)37-17-19-4-2-1-3-5-19/h1-9,14,16,20,29H,10-13,15,17,27H2,(H2,28,35,36). The Bertz CT molecular complexity index is 1540. The number of anilines is 1. The SMILES string of the molecule is Bc1cnn2c(NCc3ccc(S(N)(=O)=O)cc3)cc(C3CCN(C(=O)OCc4ccccc4)CC3)nc12. The van der Waals surface area contributed by atoms with Gasteiger partial charge in [0.1, 0.15) is 20.3 Å². The maximum absolute atomic E-state index is 12.6. The lowest BCUT2D eigenvalue weighted by Crippen LogP contribution is -2.38.